The van der Waals surface area contributed by atoms with Crippen LogP contribution in [0.3, 0.4) is 0 Å². The van der Waals surface area contributed by atoms with E-state index in [1.165, 1.54) is 4.52 Å². The van der Waals surface area contributed by atoms with Gasteiger partial charge in [0.15, 0.2) is 5.65 Å². The van der Waals surface area contributed by atoms with E-state index in [0.29, 0.717) is 23.3 Å². The molecule has 0 unspecified atom stereocenters. The third kappa shape index (κ3) is 2.27. The van der Waals surface area contributed by atoms with Gasteiger partial charge >= 0.3 is 0 Å². The average Bonchev–Trinajstić information content (AvgIpc) is 2.95. The molecule has 2 N–H and O–H groups in total. The average molecular weight is 299 g/mol. The van der Waals surface area contributed by atoms with Gasteiger partial charge in [0.05, 0.1) is 12.8 Å². The number of H-pyrrole nitrogens is 1. The molecule has 0 aliphatic rings. The lowest BCUT2D eigenvalue weighted by molar-refractivity contribution is 0.298. The summed E-state index contributed by atoms with van der Waals surface area (Å²) >= 11 is 0. The number of hydrogen-bond donors (Lipinski definition) is 2. The van der Waals surface area contributed by atoms with Crippen molar-refractivity contribution < 1.29 is 9.84 Å². The molecule has 0 spiro atoms. The van der Waals surface area contributed by atoms with E-state index in [0.717, 1.165) is 17.0 Å². The number of benzene rings is 1. The molecule has 3 rings (SSSR count). The number of aromatic nitrogens is 3. The van der Waals surface area contributed by atoms with Crippen LogP contribution in [-0.2, 0) is 6.42 Å². The molecular formula is C16H17N3O3. The summed E-state index contributed by atoms with van der Waals surface area (Å²) in [4.78, 5) is 16.9. The van der Waals surface area contributed by atoms with Crippen molar-refractivity contribution in [1.29, 1.82) is 0 Å². The van der Waals surface area contributed by atoms with Gasteiger partial charge in [-0.05, 0) is 19.1 Å². The molecule has 6 heteroatoms. The van der Waals surface area contributed by atoms with Crippen LogP contribution >= 0.6 is 0 Å². The molecule has 1 aromatic carbocycles. The lowest BCUT2D eigenvalue weighted by atomic mass is 10.1. The van der Waals surface area contributed by atoms with Crippen LogP contribution < -0.4 is 10.3 Å². The van der Waals surface area contributed by atoms with Crippen LogP contribution in [0.5, 0.6) is 5.75 Å². The van der Waals surface area contributed by atoms with Crippen LogP contribution in [0.1, 0.15) is 11.3 Å². The van der Waals surface area contributed by atoms with Crippen molar-refractivity contribution >= 4 is 5.65 Å². The Morgan fingerprint density at radius 2 is 2.14 bits per heavy atom. The Labute approximate surface area is 127 Å². The van der Waals surface area contributed by atoms with Gasteiger partial charge in [-0.25, -0.2) is 9.50 Å². The van der Waals surface area contributed by atoms with E-state index in [1.54, 1.807) is 14.0 Å². The predicted octanol–water partition coefficient (Wildman–Crippen LogP) is 1.54. The number of nitrogens with one attached hydrogen (secondary N) is 1. The quantitative estimate of drug-likeness (QED) is 0.766. The van der Waals surface area contributed by atoms with Gasteiger partial charge < -0.3 is 9.84 Å². The number of ether oxygens (including phenoxy) is 1. The number of fused-ring (bicyclic) bond motifs is 1. The number of nitrogens with zero attached hydrogens (tertiary/aromatic N) is 2. The summed E-state index contributed by atoms with van der Waals surface area (Å²) in [7, 11) is 1.61. The number of aliphatic hydroxyl groups is 1. The molecular weight excluding hydrogens is 282 g/mol. The third-order valence-corrected chi connectivity index (χ3v) is 3.67. The van der Waals surface area contributed by atoms with Gasteiger partial charge in [-0.2, -0.15) is 0 Å². The van der Waals surface area contributed by atoms with E-state index >= 15 is 0 Å². The normalized spacial score (nSPS) is 11.0. The SMILES string of the molecule is COc1ccccc1-c1cc2nc(C)c(CCO)c(=O)n2[nH]1. The lowest BCUT2D eigenvalue weighted by Gasteiger charge is -2.05. The topological polar surface area (TPSA) is 79.6 Å². The van der Waals surface area contributed by atoms with Crippen LogP contribution in [0.4, 0.5) is 0 Å². The number of para-hydroxylation sites is 1. The highest BCUT2D eigenvalue weighted by Gasteiger charge is 2.14. The highest BCUT2D eigenvalue weighted by Crippen LogP contribution is 2.28. The standard InChI is InChI=1S/C16H17N3O3/c1-10-11(7-8-20)16(21)19-15(17-10)9-13(18-19)12-5-3-4-6-14(12)22-2/h3-6,9,18,20H,7-8H2,1-2H3. The van der Waals surface area contributed by atoms with E-state index in [4.69, 9.17) is 9.84 Å². The summed E-state index contributed by atoms with van der Waals surface area (Å²) < 4.78 is 6.75. The van der Waals surface area contributed by atoms with Gasteiger partial charge in [0.25, 0.3) is 5.56 Å². The Kier molecular flexibility index (Phi) is 3.68. The molecule has 22 heavy (non-hydrogen) atoms. The van der Waals surface area contributed by atoms with E-state index in [2.05, 4.69) is 10.1 Å². The van der Waals surface area contributed by atoms with E-state index in [1.807, 2.05) is 30.3 Å². The second kappa shape index (κ2) is 5.65. The van der Waals surface area contributed by atoms with Crippen molar-refractivity contribution in [1.82, 2.24) is 14.6 Å². The minimum atomic E-state index is -0.183. The molecule has 0 aliphatic carbocycles. The summed E-state index contributed by atoms with van der Waals surface area (Å²) in [6.07, 6.45) is 0.295. The highest BCUT2D eigenvalue weighted by molar-refractivity contribution is 5.70. The summed E-state index contributed by atoms with van der Waals surface area (Å²) in [5, 5.41) is 12.2. The number of methoxy groups -OCH3 is 1. The Hall–Kier alpha value is -2.60. The molecule has 0 fully saturated rings. The van der Waals surface area contributed by atoms with Gasteiger partial charge in [-0.1, -0.05) is 12.1 Å². The first-order chi connectivity index (χ1) is 10.7. The van der Waals surface area contributed by atoms with Crippen LogP contribution in [0.15, 0.2) is 35.1 Å². The van der Waals surface area contributed by atoms with Crippen molar-refractivity contribution in [2.24, 2.45) is 0 Å². The first-order valence-electron chi connectivity index (χ1n) is 7.01. The lowest BCUT2D eigenvalue weighted by Crippen LogP contribution is -2.22. The zero-order valence-corrected chi connectivity index (χ0v) is 12.5. The van der Waals surface area contributed by atoms with E-state index in [-0.39, 0.29) is 12.2 Å². The van der Waals surface area contributed by atoms with Crippen LogP contribution in [0, 0.1) is 6.92 Å². The molecule has 0 aliphatic heterocycles. The molecule has 0 atom stereocenters. The molecule has 0 bridgehead atoms. The summed E-state index contributed by atoms with van der Waals surface area (Å²) in [5.41, 5.74) is 3.14. The maximum absolute atomic E-state index is 12.5. The summed E-state index contributed by atoms with van der Waals surface area (Å²) in [6.45, 7) is 1.70. The maximum Gasteiger partial charge on any atom is 0.276 e. The van der Waals surface area contributed by atoms with Crippen LogP contribution in [-0.4, -0.2) is 33.4 Å². The van der Waals surface area contributed by atoms with Gasteiger partial charge in [0.1, 0.15) is 5.75 Å². The monoisotopic (exact) mass is 299 g/mol. The Morgan fingerprint density at radius 3 is 2.86 bits per heavy atom. The van der Waals surface area contributed by atoms with Gasteiger partial charge in [0, 0.05) is 35.9 Å². The predicted molar refractivity (Wildman–Crippen MR) is 83.3 cm³/mol. The van der Waals surface area contributed by atoms with Gasteiger partial charge in [-0.3, -0.25) is 9.89 Å². The van der Waals surface area contributed by atoms with E-state index < -0.39 is 0 Å². The molecule has 2 heterocycles. The van der Waals surface area contributed by atoms with Crippen LogP contribution in [0.2, 0.25) is 0 Å². The second-order valence-corrected chi connectivity index (χ2v) is 5.02. The first kappa shape index (κ1) is 14.3. The first-order valence-corrected chi connectivity index (χ1v) is 7.01. The Bertz CT molecular complexity index is 880. The summed E-state index contributed by atoms with van der Waals surface area (Å²) in [5.74, 6) is 0.717. The molecule has 0 amide bonds. The number of aliphatic hydroxyl groups excluding tert-OH is 1. The minimum absolute atomic E-state index is 0.0795. The zero-order valence-electron chi connectivity index (χ0n) is 12.5. The smallest absolute Gasteiger partial charge is 0.276 e. The fraction of sp³-hybridized carbons (Fsp3) is 0.250. The van der Waals surface area contributed by atoms with Crippen molar-refractivity contribution in [3.8, 4) is 17.0 Å². The number of aromatic amines is 1. The number of hydrogen-bond acceptors (Lipinski definition) is 4. The van der Waals surface area contributed by atoms with Crippen molar-refractivity contribution in [2.75, 3.05) is 13.7 Å². The van der Waals surface area contributed by atoms with Crippen LogP contribution in [0.25, 0.3) is 16.9 Å². The number of rotatable bonds is 4. The number of aryl methyl sites for hydroxylation is 1. The fourth-order valence-electron chi connectivity index (χ4n) is 2.57. The van der Waals surface area contributed by atoms with Gasteiger partial charge in [-0.15, -0.1) is 0 Å². The summed E-state index contributed by atoms with van der Waals surface area (Å²) in [6, 6.07) is 9.38. The molecule has 0 radical (unpaired) electrons. The minimum Gasteiger partial charge on any atom is -0.496 e. The molecule has 114 valence electrons. The Balaban J connectivity index is 2.22. The molecule has 0 saturated heterocycles. The Morgan fingerprint density at radius 1 is 1.36 bits per heavy atom. The zero-order chi connectivity index (χ0) is 15.7. The third-order valence-electron chi connectivity index (χ3n) is 3.67. The van der Waals surface area contributed by atoms with Crippen molar-refractivity contribution in [3.05, 3.63) is 51.9 Å². The largest absolute Gasteiger partial charge is 0.496 e. The molecule has 6 nitrogen and oxygen atoms in total. The molecule has 3 aromatic rings. The second-order valence-electron chi connectivity index (χ2n) is 5.02. The molecule has 2 aromatic heterocycles. The fourth-order valence-corrected chi connectivity index (χ4v) is 2.57. The van der Waals surface area contributed by atoms with E-state index in [9.17, 15) is 4.79 Å². The van der Waals surface area contributed by atoms with Crippen molar-refractivity contribution in [2.45, 2.75) is 13.3 Å². The highest BCUT2D eigenvalue weighted by atomic mass is 16.5. The maximum atomic E-state index is 12.5. The van der Waals surface area contributed by atoms with Crippen molar-refractivity contribution in [3.63, 3.8) is 0 Å². The van der Waals surface area contributed by atoms with Gasteiger partial charge in [0.2, 0.25) is 0 Å². The molecule has 0 saturated carbocycles.